The van der Waals surface area contributed by atoms with Crippen LogP contribution in [0.2, 0.25) is 0 Å². The standard InChI is InChI=1S/C33H44FN3O6/c1-7-33(34)26(19-38)37-18-27(33)42-29-24(35-23-14-13-21(41-6)15-25(23)36-29)12-10-8-9-11-20-17-32(20,5)43-28(39)16-22(30(37)40)31(2,3)4/h13-15,19-20,22,26-27H,7-12,16-18H2,1-6H3/t20-,22-,26-,27+,32-,33-/m1/s1. The molecule has 0 N–H and O–H groups in total. The van der Waals surface area contributed by atoms with Gasteiger partial charge < -0.3 is 23.9 Å². The molecule has 2 fully saturated rings. The second-order valence-corrected chi connectivity index (χ2v) is 13.7. The summed E-state index contributed by atoms with van der Waals surface area (Å²) in [6.07, 6.45) is 4.16. The molecule has 1 aromatic carbocycles. The molecule has 5 rings (SSSR count). The number of benzene rings is 1. The fourth-order valence-corrected chi connectivity index (χ4v) is 6.71. The van der Waals surface area contributed by atoms with Crippen molar-refractivity contribution in [1.82, 2.24) is 14.9 Å². The van der Waals surface area contributed by atoms with E-state index in [0.717, 1.165) is 32.1 Å². The van der Waals surface area contributed by atoms with Crippen LogP contribution < -0.4 is 9.47 Å². The smallest absolute Gasteiger partial charge is 0.307 e. The SMILES string of the molecule is CC[C@]1(F)[C@@H]2CN(C(=O)[C@H](C(C)(C)C)CC(=O)O[C@]3(C)C[C@H]3CCCCCc3nc4ccc(OC)cc4nc3O2)[C@@H]1C=O. The molecule has 9 nitrogen and oxygen atoms in total. The molecule has 234 valence electrons. The maximum absolute atomic E-state index is 16.9. The van der Waals surface area contributed by atoms with E-state index in [-0.39, 0.29) is 31.2 Å². The molecule has 10 heteroatoms. The van der Waals surface area contributed by atoms with Gasteiger partial charge in [-0.2, -0.15) is 0 Å². The zero-order chi connectivity index (χ0) is 31.2. The van der Waals surface area contributed by atoms with Gasteiger partial charge >= 0.3 is 5.97 Å². The normalized spacial score (nSPS) is 32.1. The fourth-order valence-electron chi connectivity index (χ4n) is 6.71. The molecule has 1 saturated carbocycles. The van der Waals surface area contributed by atoms with Crippen molar-refractivity contribution in [2.45, 2.75) is 109 Å². The molecule has 1 amide bonds. The van der Waals surface area contributed by atoms with E-state index >= 15 is 4.39 Å². The van der Waals surface area contributed by atoms with Gasteiger partial charge in [-0.15, -0.1) is 0 Å². The average Bonchev–Trinajstić information content (AvgIpc) is 3.50. The quantitative estimate of drug-likeness (QED) is 0.342. The highest BCUT2D eigenvalue weighted by Gasteiger charge is 2.59. The second-order valence-electron chi connectivity index (χ2n) is 13.7. The van der Waals surface area contributed by atoms with Crippen LogP contribution in [0, 0.1) is 17.3 Å². The number of methoxy groups -OCH3 is 1. The lowest BCUT2D eigenvalue weighted by Gasteiger charge is -2.35. The minimum absolute atomic E-state index is 0.0585. The number of amides is 1. The third-order valence-electron chi connectivity index (χ3n) is 9.72. The highest BCUT2D eigenvalue weighted by Crippen LogP contribution is 2.50. The number of aromatic nitrogens is 2. The Morgan fingerprint density at radius 3 is 2.60 bits per heavy atom. The van der Waals surface area contributed by atoms with Crippen LogP contribution in [0.15, 0.2) is 18.2 Å². The molecule has 1 aliphatic carbocycles. The molecule has 2 aliphatic heterocycles. The molecular weight excluding hydrogens is 553 g/mol. The Morgan fingerprint density at radius 2 is 1.93 bits per heavy atom. The van der Waals surface area contributed by atoms with Crippen LogP contribution in [0.3, 0.4) is 0 Å². The van der Waals surface area contributed by atoms with Crippen LogP contribution in [0.1, 0.15) is 85.3 Å². The van der Waals surface area contributed by atoms with Crippen molar-refractivity contribution >= 4 is 29.2 Å². The molecule has 3 aliphatic rings. The van der Waals surface area contributed by atoms with E-state index in [9.17, 15) is 14.4 Å². The maximum Gasteiger partial charge on any atom is 0.307 e. The summed E-state index contributed by atoms with van der Waals surface area (Å²) in [4.78, 5) is 50.6. The number of ether oxygens (including phenoxy) is 3. The molecule has 3 heterocycles. The highest BCUT2D eigenvalue weighted by molar-refractivity contribution is 5.87. The number of esters is 1. The van der Waals surface area contributed by atoms with Crippen molar-refractivity contribution in [2.75, 3.05) is 13.7 Å². The van der Waals surface area contributed by atoms with Crippen LogP contribution in [-0.2, 0) is 25.5 Å². The molecular formula is C33H44FN3O6. The van der Waals surface area contributed by atoms with Gasteiger partial charge in [0.25, 0.3) is 0 Å². The molecule has 43 heavy (non-hydrogen) atoms. The first-order valence-corrected chi connectivity index (χ1v) is 15.5. The van der Waals surface area contributed by atoms with Crippen molar-refractivity contribution in [2.24, 2.45) is 17.3 Å². The van der Waals surface area contributed by atoms with Gasteiger partial charge in [0.1, 0.15) is 29.4 Å². The van der Waals surface area contributed by atoms with Gasteiger partial charge in [0.05, 0.1) is 37.0 Å². The predicted molar refractivity (Wildman–Crippen MR) is 159 cm³/mol. The molecule has 0 spiro atoms. The van der Waals surface area contributed by atoms with Crippen molar-refractivity contribution in [1.29, 1.82) is 0 Å². The number of hydrogen-bond acceptors (Lipinski definition) is 8. The van der Waals surface area contributed by atoms with Crippen molar-refractivity contribution in [3.63, 3.8) is 0 Å². The molecule has 0 unspecified atom stereocenters. The van der Waals surface area contributed by atoms with Crippen LogP contribution in [-0.4, -0.2) is 70.1 Å². The van der Waals surface area contributed by atoms with E-state index < -0.39 is 46.6 Å². The van der Waals surface area contributed by atoms with Gasteiger partial charge in [0, 0.05) is 12.0 Å². The van der Waals surface area contributed by atoms with Crippen molar-refractivity contribution in [3.8, 4) is 11.6 Å². The first kappa shape index (κ1) is 31.1. The zero-order valence-corrected chi connectivity index (χ0v) is 26.2. The largest absolute Gasteiger partial charge is 0.497 e. The van der Waals surface area contributed by atoms with Gasteiger partial charge in [0.15, 0.2) is 11.8 Å². The Labute approximate surface area is 252 Å². The van der Waals surface area contributed by atoms with E-state index in [1.165, 1.54) is 4.90 Å². The molecule has 2 bridgehead atoms. The molecule has 6 atom stereocenters. The lowest BCUT2D eigenvalue weighted by Crippen LogP contribution is -2.51. The highest BCUT2D eigenvalue weighted by atomic mass is 19.1. The van der Waals surface area contributed by atoms with E-state index in [1.54, 1.807) is 20.1 Å². The van der Waals surface area contributed by atoms with Gasteiger partial charge in [-0.1, -0.05) is 40.5 Å². The molecule has 1 aromatic heterocycles. The van der Waals surface area contributed by atoms with Crippen molar-refractivity contribution < 1.29 is 33.0 Å². The van der Waals surface area contributed by atoms with Crippen LogP contribution in [0.5, 0.6) is 11.6 Å². The van der Waals surface area contributed by atoms with Gasteiger partial charge in [-0.3, -0.25) is 9.59 Å². The predicted octanol–water partition coefficient (Wildman–Crippen LogP) is 5.40. The zero-order valence-electron chi connectivity index (χ0n) is 26.2. The topological polar surface area (TPSA) is 108 Å². The lowest BCUT2D eigenvalue weighted by atomic mass is 9.77. The number of alkyl halides is 1. The van der Waals surface area contributed by atoms with E-state index in [2.05, 4.69) is 0 Å². The van der Waals surface area contributed by atoms with E-state index in [0.29, 0.717) is 35.2 Å². The molecule has 0 radical (unpaired) electrons. The number of rotatable bonds is 3. The summed E-state index contributed by atoms with van der Waals surface area (Å²) >= 11 is 0. The van der Waals surface area contributed by atoms with Crippen LogP contribution in [0.4, 0.5) is 4.39 Å². The third kappa shape index (κ3) is 6.07. The third-order valence-corrected chi connectivity index (χ3v) is 9.72. The average molecular weight is 598 g/mol. The first-order chi connectivity index (χ1) is 20.3. The first-order valence-electron chi connectivity index (χ1n) is 15.5. The van der Waals surface area contributed by atoms with E-state index in [1.807, 2.05) is 39.8 Å². The number of nitrogens with zero attached hydrogens (tertiary/aromatic N) is 3. The number of aldehydes is 1. The summed E-state index contributed by atoms with van der Waals surface area (Å²) in [5.41, 5.74) is -1.51. The monoisotopic (exact) mass is 597 g/mol. The number of halogens is 1. The lowest BCUT2D eigenvalue weighted by molar-refractivity contribution is -0.158. The summed E-state index contributed by atoms with van der Waals surface area (Å²) in [7, 11) is 1.57. The Bertz CT molecular complexity index is 1390. The number of carbonyl (C=O) groups excluding carboxylic acids is 3. The summed E-state index contributed by atoms with van der Waals surface area (Å²) < 4.78 is 34.5. The van der Waals surface area contributed by atoms with Gasteiger partial charge in [-0.05, 0) is 56.6 Å². The number of carbonyl (C=O) groups is 3. The number of hydrogen-bond donors (Lipinski definition) is 0. The minimum Gasteiger partial charge on any atom is -0.497 e. The van der Waals surface area contributed by atoms with Gasteiger partial charge in [0.2, 0.25) is 11.8 Å². The second kappa shape index (κ2) is 11.7. The van der Waals surface area contributed by atoms with Crippen molar-refractivity contribution in [3.05, 3.63) is 23.9 Å². The summed E-state index contributed by atoms with van der Waals surface area (Å²) in [6, 6.07) is 4.02. The fraction of sp³-hybridized carbons (Fsp3) is 0.667. The summed E-state index contributed by atoms with van der Waals surface area (Å²) in [5, 5.41) is 0. The maximum atomic E-state index is 16.9. The molecule has 1 saturated heterocycles. The molecule has 2 aromatic rings. The Hall–Kier alpha value is -3.30. The number of aryl methyl sites for hydroxylation is 1. The Morgan fingerprint density at radius 1 is 1.16 bits per heavy atom. The summed E-state index contributed by atoms with van der Waals surface area (Å²) in [6.45, 7) is 9.03. The van der Waals surface area contributed by atoms with Crippen LogP contribution >= 0.6 is 0 Å². The number of fused-ring (bicyclic) bond motifs is 5. The van der Waals surface area contributed by atoms with Gasteiger partial charge in [-0.25, -0.2) is 14.4 Å². The van der Waals surface area contributed by atoms with E-state index in [4.69, 9.17) is 24.2 Å². The van der Waals surface area contributed by atoms with Crippen LogP contribution in [0.25, 0.3) is 11.0 Å². The summed E-state index contributed by atoms with van der Waals surface area (Å²) in [5.74, 6) is -0.631. The minimum atomic E-state index is -2.17. The Balaban J connectivity index is 1.56. The Kier molecular flexibility index (Phi) is 8.44.